The fourth-order valence-electron chi connectivity index (χ4n) is 2.12. The van der Waals surface area contributed by atoms with Gasteiger partial charge in [0, 0.05) is 22.9 Å². The van der Waals surface area contributed by atoms with E-state index in [1.54, 1.807) is 31.2 Å². The Kier molecular flexibility index (Phi) is 4.71. The number of carboxylic acids is 1. The number of nitriles is 1. The Bertz CT molecular complexity index is 819. The summed E-state index contributed by atoms with van der Waals surface area (Å²) in [6.45, 7) is 1.61. The number of amides is 2. The molecule has 1 aromatic heterocycles. The number of carbonyl (C=O) groups excluding carboxylic acids is 1. The lowest BCUT2D eigenvalue weighted by atomic mass is 10.2. The molecular formula is C15H13BrN4O3. The third-order valence-electron chi connectivity index (χ3n) is 3.34. The second-order valence-electron chi connectivity index (χ2n) is 4.75. The first-order valence-electron chi connectivity index (χ1n) is 6.51. The minimum absolute atomic E-state index is 0.0189. The van der Waals surface area contributed by atoms with Crippen LogP contribution in [0.4, 0.5) is 16.2 Å². The molecule has 0 saturated heterocycles. The summed E-state index contributed by atoms with van der Waals surface area (Å²) >= 11 is 3.29. The minimum atomic E-state index is -1.23. The molecule has 2 aromatic rings. The van der Waals surface area contributed by atoms with Gasteiger partial charge in [0.25, 0.3) is 0 Å². The van der Waals surface area contributed by atoms with E-state index in [4.69, 9.17) is 0 Å². The van der Waals surface area contributed by atoms with Gasteiger partial charge < -0.3 is 20.3 Å². The van der Waals surface area contributed by atoms with Crippen LogP contribution in [0.3, 0.4) is 0 Å². The lowest BCUT2D eigenvalue weighted by Gasteiger charge is -2.08. The molecule has 118 valence electrons. The Labute approximate surface area is 140 Å². The predicted molar refractivity (Wildman–Crippen MR) is 88.6 cm³/mol. The number of nitrogens with one attached hydrogen (secondary N) is 2. The number of hydrogen-bond acceptors (Lipinski definition) is 3. The zero-order valence-electron chi connectivity index (χ0n) is 12.3. The molecule has 23 heavy (non-hydrogen) atoms. The van der Waals surface area contributed by atoms with Gasteiger partial charge in [-0.3, -0.25) is 0 Å². The van der Waals surface area contributed by atoms with Gasteiger partial charge in [-0.25, -0.2) is 9.59 Å². The van der Waals surface area contributed by atoms with Crippen LogP contribution < -0.4 is 10.6 Å². The zero-order valence-corrected chi connectivity index (χ0v) is 13.9. The third kappa shape index (κ3) is 3.35. The smallest absolute Gasteiger partial charge is 0.354 e. The number of aromatic nitrogens is 1. The summed E-state index contributed by atoms with van der Waals surface area (Å²) in [4.78, 5) is 23.5. The van der Waals surface area contributed by atoms with Gasteiger partial charge in [-0.05, 0) is 31.2 Å². The molecule has 0 unspecified atom stereocenters. The van der Waals surface area contributed by atoms with Crippen LogP contribution in [0.5, 0.6) is 0 Å². The van der Waals surface area contributed by atoms with Crippen LogP contribution in [0.1, 0.15) is 21.7 Å². The van der Waals surface area contributed by atoms with E-state index in [1.807, 2.05) is 6.07 Å². The summed E-state index contributed by atoms with van der Waals surface area (Å²) < 4.78 is 2.22. The molecule has 3 N–H and O–H groups in total. The van der Waals surface area contributed by atoms with Crippen LogP contribution in [0.2, 0.25) is 0 Å². The van der Waals surface area contributed by atoms with E-state index < -0.39 is 12.0 Å². The highest BCUT2D eigenvalue weighted by molar-refractivity contribution is 9.10. The van der Waals surface area contributed by atoms with Crippen molar-refractivity contribution in [2.45, 2.75) is 6.92 Å². The van der Waals surface area contributed by atoms with E-state index in [1.165, 1.54) is 11.6 Å². The predicted octanol–water partition coefficient (Wildman–Crippen LogP) is 3.31. The number of benzene rings is 1. The number of nitrogens with zero attached hydrogens (tertiary/aromatic N) is 2. The first-order valence-corrected chi connectivity index (χ1v) is 7.30. The van der Waals surface area contributed by atoms with E-state index in [-0.39, 0.29) is 16.9 Å². The van der Waals surface area contributed by atoms with E-state index >= 15 is 0 Å². The fourth-order valence-corrected chi connectivity index (χ4v) is 2.38. The highest BCUT2D eigenvalue weighted by Gasteiger charge is 2.24. The Hall–Kier alpha value is -2.79. The maximum atomic E-state index is 12.1. The first kappa shape index (κ1) is 16.6. The van der Waals surface area contributed by atoms with E-state index in [0.717, 1.165) is 4.47 Å². The average Bonchev–Trinajstić information content (AvgIpc) is 2.72. The molecule has 1 aromatic carbocycles. The van der Waals surface area contributed by atoms with E-state index in [2.05, 4.69) is 26.6 Å². The van der Waals surface area contributed by atoms with Gasteiger partial charge in [0.15, 0.2) is 5.69 Å². The molecule has 0 bridgehead atoms. The Balaban J connectivity index is 2.30. The molecule has 0 saturated carbocycles. The van der Waals surface area contributed by atoms with Crippen molar-refractivity contribution in [3.8, 4) is 6.07 Å². The van der Waals surface area contributed by atoms with Gasteiger partial charge in [-0.2, -0.15) is 5.26 Å². The summed E-state index contributed by atoms with van der Waals surface area (Å²) in [5.74, 6) is -1.23. The number of rotatable bonds is 3. The van der Waals surface area contributed by atoms with Crippen molar-refractivity contribution in [1.82, 2.24) is 4.57 Å². The number of carboxylic acid groups (broad SMARTS) is 1. The number of halogens is 1. The number of urea groups is 1. The summed E-state index contributed by atoms with van der Waals surface area (Å²) in [5, 5.41) is 23.6. The van der Waals surface area contributed by atoms with Crippen LogP contribution in [0, 0.1) is 18.3 Å². The molecule has 0 atom stereocenters. The van der Waals surface area contributed by atoms with Crippen molar-refractivity contribution < 1.29 is 14.7 Å². The topological polar surface area (TPSA) is 107 Å². The van der Waals surface area contributed by atoms with Crippen LogP contribution in [0.15, 0.2) is 28.7 Å². The Morgan fingerprint density at radius 3 is 2.39 bits per heavy atom. The van der Waals surface area contributed by atoms with Crippen LogP contribution in [0.25, 0.3) is 0 Å². The molecule has 0 fully saturated rings. The largest absolute Gasteiger partial charge is 0.477 e. The summed E-state index contributed by atoms with van der Waals surface area (Å²) in [6.07, 6.45) is 0. The van der Waals surface area contributed by atoms with Gasteiger partial charge in [-0.15, -0.1) is 0 Å². The molecule has 7 nitrogen and oxygen atoms in total. The van der Waals surface area contributed by atoms with Crippen molar-refractivity contribution in [3.63, 3.8) is 0 Å². The monoisotopic (exact) mass is 376 g/mol. The molecular weight excluding hydrogens is 364 g/mol. The van der Waals surface area contributed by atoms with Gasteiger partial charge >= 0.3 is 12.0 Å². The van der Waals surface area contributed by atoms with Gasteiger partial charge in [0.1, 0.15) is 6.07 Å². The molecule has 0 aliphatic carbocycles. The second-order valence-corrected chi connectivity index (χ2v) is 5.66. The summed E-state index contributed by atoms with van der Waals surface area (Å²) in [5.41, 5.74) is 0.952. The second kappa shape index (κ2) is 6.54. The molecule has 2 rings (SSSR count). The lowest BCUT2D eigenvalue weighted by molar-refractivity contribution is 0.0687. The minimum Gasteiger partial charge on any atom is -0.477 e. The molecule has 1 heterocycles. The standard InChI is InChI=1S/C15H13BrN4O3/c1-8-11(7-17)12(13(14(21)22)20(8)2)19-15(23)18-10-5-3-9(16)4-6-10/h3-6H,1-2H3,(H,21,22)(H2,18,19,23). The fraction of sp³-hybridized carbons (Fsp3) is 0.133. The molecule has 8 heteroatoms. The number of aromatic carboxylic acids is 1. The quantitative estimate of drug-likeness (QED) is 0.763. The van der Waals surface area contributed by atoms with Gasteiger partial charge in [-0.1, -0.05) is 15.9 Å². The Morgan fingerprint density at radius 1 is 1.26 bits per heavy atom. The van der Waals surface area contributed by atoms with Crippen molar-refractivity contribution in [2.24, 2.45) is 7.05 Å². The van der Waals surface area contributed by atoms with Crippen LogP contribution >= 0.6 is 15.9 Å². The van der Waals surface area contributed by atoms with Crippen LogP contribution in [-0.2, 0) is 7.05 Å². The molecule has 0 spiro atoms. The SMILES string of the molecule is Cc1c(C#N)c(NC(=O)Nc2ccc(Br)cc2)c(C(=O)O)n1C. The molecule has 0 aliphatic rings. The van der Waals surface area contributed by atoms with Crippen molar-refractivity contribution >= 4 is 39.3 Å². The maximum absolute atomic E-state index is 12.1. The maximum Gasteiger partial charge on any atom is 0.354 e. The molecule has 0 aliphatic heterocycles. The number of anilines is 2. The number of hydrogen-bond donors (Lipinski definition) is 3. The lowest BCUT2D eigenvalue weighted by Crippen LogP contribution is -2.21. The van der Waals surface area contributed by atoms with Crippen LogP contribution in [-0.4, -0.2) is 21.7 Å². The van der Waals surface area contributed by atoms with Gasteiger partial charge in [0.2, 0.25) is 0 Å². The highest BCUT2D eigenvalue weighted by atomic mass is 79.9. The molecule has 0 radical (unpaired) electrons. The molecule has 2 amide bonds. The van der Waals surface area contributed by atoms with Crippen molar-refractivity contribution in [1.29, 1.82) is 5.26 Å². The highest BCUT2D eigenvalue weighted by Crippen LogP contribution is 2.27. The first-order chi connectivity index (χ1) is 10.8. The summed E-state index contributed by atoms with van der Waals surface area (Å²) in [7, 11) is 1.53. The number of carbonyl (C=O) groups is 2. The van der Waals surface area contributed by atoms with E-state index in [0.29, 0.717) is 11.4 Å². The zero-order chi connectivity index (χ0) is 17.1. The van der Waals surface area contributed by atoms with Gasteiger partial charge in [0.05, 0.1) is 11.3 Å². The van der Waals surface area contributed by atoms with E-state index in [9.17, 15) is 20.0 Å². The average molecular weight is 377 g/mol. The Morgan fingerprint density at radius 2 is 1.87 bits per heavy atom. The van der Waals surface area contributed by atoms with Crippen molar-refractivity contribution in [3.05, 3.63) is 45.7 Å². The third-order valence-corrected chi connectivity index (χ3v) is 3.87. The summed E-state index contributed by atoms with van der Waals surface area (Å²) in [6, 6.07) is 8.17. The van der Waals surface area contributed by atoms with Crippen molar-refractivity contribution in [2.75, 3.05) is 10.6 Å². The normalized spacial score (nSPS) is 10.0.